The number of rotatable bonds is 5. The standard InChI is InChI=1S/C17H26N2O2.C12H18N2.ClH/c1-17(2,3)21-16(20)18-15-10-7-11-19(13-15)12-14-8-5-4-6-9-14;13-12-7-4-8-14(10-12)9-11-5-2-1-3-6-11;/h4-6,8-9,15H,7,10-13H2,1-3H3,(H,18,20);1-3,5-6,12H,4,7-10,13H2;1H/t15-;12-;/m00./s1. The maximum absolute atomic E-state index is 11.8. The Bertz CT molecular complexity index is 876. The summed E-state index contributed by atoms with van der Waals surface area (Å²) in [6, 6.07) is 21.6. The number of halogens is 1. The van der Waals surface area contributed by atoms with Crippen LogP contribution in [0.5, 0.6) is 0 Å². The lowest BCUT2D eigenvalue weighted by Crippen LogP contribution is -2.48. The van der Waals surface area contributed by atoms with Crippen LogP contribution in [0.15, 0.2) is 60.7 Å². The van der Waals surface area contributed by atoms with Crippen LogP contribution in [-0.2, 0) is 17.8 Å². The summed E-state index contributed by atoms with van der Waals surface area (Å²) in [5.41, 5.74) is 8.20. The number of hydrogen-bond acceptors (Lipinski definition) is 5. The Labute approximate surface area is 224 Å². The average molecular weight is 517 g/mol. The first-order valence-electron chi connectivity index (χ1n) is 13.0. The van der Waals surface area contributed by atoms with Gasteiger partial charge in [-0.1, -0.05) is 60.7 Å². The van der Waals surface area contributed by atoms with Gasteiger partial charge in [-0.05, 0) is 70.7 Å². The molecule has 0 aromatic heterocycles. The van der Waals surface area contributed by atoms with Crippen molar-refractivity contribution < 1.29 is 9.53 Å². The van der Waals surface area contributed by atoms with Gasteiger partial charge in [0.2, 0.25) is 0 Å². The largest absolute Gasteiger partial charge is 0.444 e. The molecule has 0 spiro atoms. The Kier molecular flexibility index (Phi) is 12.7. The van der Waals surface area contributed by atoms with Crippen LogP contribution in [0.4, 0.5) is 4.79 Å². The van der Waals surface area contributed by atoms with Crippen LogP contribution in [0.3, 0.4) is 0 Å². The minimum Gasteiger partial charge on any atom is -0.444 e. The SMILES string of the molecule is CC(C)(C)OC(=O)N[C@H]1CCCN(Cc2ccccc2)C1.Cl.N[C@H]1CCCN(Cc2ccccc2)C1. The van der Waals surface area contributed by atoms with Gasteiger partial charge in [0.15, 0.2) is 0 Å². The Morgan fingerprint density at radius 2 is 1.39 bits per heavy atom. The number of amides is 1. The van der Waals surface area contributed by atoms with Crippen molar-refractivity contribution >= 4 is 18.5 Å². The van der Waals surface area contributed by atoms with Crippen molar-refractivity contribution in [1.29, 1.82) is 0 Å². The number of carbonyl (C=O) groups is 1. The molecule has 2 heterocycles. The Balaban J connectivity index is 0.000000265. The molecule has 7 heteroatoms. The smallest absolute Gasteiger partial charge is 0.407 e. The summed E-state index contributed by atoms with van der Waals surface area (Å²) in [4.78, 5) is 16.7. The second-order valence-electron chi connectivity index (χ2n) is 10.8. The lowest BCUT2D eigenvalue weighted by atomic mass is 10.0. The Morgan fingerprint density at radius 1 is 0.889 bits per heavy atom. The molecule has 2 aliphatic heterocycles. The van der Waals surface area contributed by atoms with Crippen LogP contribution in [-0.4, -0.2) is 59.8 Å². The molecule has 0 radical (unpaired) electrons. The van der Waals surface area contributed by atoms with Gasteiger partial charge in [0.05, 0.1) is 0 Å². The van der Waals surface area contributed by atoms with Crippen molar-refractivity contribution in [1.82, 2.24) is 15.1 Å². The van der Waals surface area contributed by atoms with Crippen molar-refractivity contribution in [2.45, 2.75) is 77.2 Å². The predicted molar refractivity (Wildman–Crippen MR) is 150 cm³/mol. The molecular weight excluding hydrogens is 472 g/mol. The van der Waals surface area contributed by atoms with Crippen molar-refractivity contribution in [2.24, 2.45) is 5.73 Å². The molecule has 0 bridgehead atoms. The van der Waals surface area contributed by atoms with Crippen LogP contribution in [0.25, 0.3) is 0 Å². The first-order chi connectivity index (χ1) is 16.8. The van der Waals surface area contributed by atoms with E-state index in [4.69, 9.17) is 10.5 Å². The van der Waals surface area contributed by atoms with Gasteiger partial charge in [0, 0.05) is 38.3 Å². The van der Waals surface area contributed by atoms with Gasteiger partial charge in [0.25, 0.3) is 0 Å². The highest BCUT2D eigenvalue weighted by atomic mass is 35.5. The molecule has 36 heavy (non-hydrogen) atoms. The van der Waals surface area contributed by atoms with Gasteiger partial charge in [-0.15, -0.1) is 12.4 Å². The third-order valence-electron chi connectivity index (χ3n) is 6.27. The van der Waals surface area contributed by atoms with Crippen molar-refractivity contribution in [3.8, 4) is 0 Å². The van der Waals surface area contributed by atoms with Crippen LogP contribution in [0, 0.1) is 0 Å². The van der Waals surface area contributed by atoms with Gasteiger partial charge >= 0.3 is 6.09 Å². The van der Waals surface area contributed by atoms with E-state index in [1.165, 1.54) is 30.5 Å². The summed E-state index contributed by atoms with van der Waals surface area (Å²) >= 11 is 0. The van der Waals surface area contributed by atoms with Crippen LogP contribution >= 0.6 is 12.4 Å². The first-order valence-corrected chi connectivity index (χ1v) is 13.0. The molecule has 0 aliphatic carbocycles. The summed E-state index contributed by atoms with van der Waals surface area (Å²) in [5.74, 6) is 0. The van der Waals surface area contributed by atoms with Gasteiger partial charge in [0.1, 0.15) is 5.60 Å². The van der Waals surface area contributed by atoms with E-state index < -0.39 is 5.60 Å². The summed E-state index contributed by atoms with van der Waals surface area (Å²) in [7, 11) is 0. The average Bonchev–Trinajstić information content (AvgIpc) is 2.80. The summed E-state index contributed by atoms with van der Waals surface area (Å²) in [6.07, 6.45) is 4.24. The highest BCUT2D eigenvalue weighted by Gasteiger charge is 2.24. The predicted octanol–water partition coefficient (Wildman–Crippen LogP) is 5.21. The van der Waals surface area contributed by atoms with Gasteiger partial charge in [-0.25, -0.2) is 4.79 Å². The molecule has 1 amide bonds. The van der Waals surface area contributed by atoms with Crippen LogP contribution < -0.4 is 11.1 Å². The molecule has 2 saturated heterocycles. The molecule has 6 nitrogen and oxygen atoms in total. The summed E-state index contributed by atoms with van der Waals surface area (Å²) < 4.78 is 5.33. The number of nitrogens with zero attached hydrogens (tertiary/aromatic N) is 2. The normalized spacial score (nSPS) is 20.9. The zero-order chi connectivity index (χ0) is 25.1. The fraction of sp³-hybridized carbons (Fsp3) is 0.552. The zero-order valence-electron chi connectivity index (χ0n) is 22.2. The lowest BCUT2D eigenvalue weighted by molar-refractivity contribution is 0.0470. The van der Waals surface area contributed by atoms with E-state index in [9.17, 15) is 4.79 Å². The third kappa shape index (κ3) is 11.7. The molecule has 2 aliphatic rings. The van der Waals surface area contributed by atoms with E-state index in [1.54, 1.807) is 0 Å². The second kappa shape index (κ2) is 15.2. The molecule has 3 N–H and O–H groups in total. The number of nitrogens with two attached hydrogens (primary N) is 1. The van der Waals surface area contributed by atoms with Crippen LogP contribution in [0.2, 0.25) is 0 Å². The maximum atomic E-state index is 11.8. The lowest BCUT2D eigenvalue weighted by Gasteiger charge is -2.33. The molecule has 200 valence electrons. The number of ether oxygens (including phenoxy) is 1. The number of hydrogen-bond donors (Lipinski definition) is 2. The molecule has 2 atom stereocenters. The fourth-order valence-electron chi connectivity index (χ4n) is 4.71. The molecule has 2 aromatic rings. The topological polar surface area (TPSA) is 70.8 Å². The highest BCUT2D eigenvalue weighted by molar-refractivity contribution is 5.85. The molecule has 0 unspecified atom stereocenters. The van der Waals surface area contributed by atoms with Crippen molar-refractivity contribution in [3.05, 3.63) is 71.8 Å². The molecule has 2 fully saturated rings. The van der Waals surface area contributed by atoms with Crippen LogP contribution in [0.1, 0.15) is 57.6 Å². The number of likely N-dealkylation sites (tertiary alicyclic amines) is 2. The number of alkyl carbamates (subject to hydrolysis) is 1. The number of piperidine rings is 2. The third-order valence-corrected chi connectivity index (χ3v) is 6.27. The van der Waals surface area contributed by atoms with E-state index in [-0.39, 0.29) is 24.5 Å². The number of carbonyl (C=O) groups excluding carboxylic acids is 1. The minimum atomic E-state index is -0.442. The Morgan fingerprint density at radius 3 is 1.89 bits per heavy atom. The maximum Gasteiger partial charge on any atom is 0.407 e. The van der Waals surface area contributed by atoms with Gasteiger partial charge < -0.3 is 15.8 Å². The van der Waals surface area contributed by atoms with E-state index in [0.29, 0.717) is 6.04 Å². The molecular formula is C29H45ClN4O2. The summed E-state index contributed by atoms with van der Waals surface area (Å²) in [5, 5.41) is 2.99. The fourth-order valence-corrected chi connectivity index (χ4v) is 4.71. The van der Waals surface area contributed by atoms with Gasteiger partial charge in [-0.2, -0.15) is 0 Å². The van der Waals surface area contributed by atoms with Gasteiger partial charge in [-0.3, -0.25) is 9.80 Å². The molecule has 0 saturated carbocycles. The second-order valence-corrected chi connectivity index (χ2v) is 10.8. The minimum absolute atomic E-state index is 0. The van der Waals surface area contributed by atoms with E-state index >= 15 is 0 Å². The zero-order valence-corrected chi connectivity index (χ0v) is 23.0. The first kappa shape index (κ1) is 30.1. The quantitative estimate of drug-likeness (QED) is 0.571. The highest BCUT2D eigenvalue weighted by Crippen LogP contribution is 2.15. The van der Waals surface area contributed by atoms with E-state index in [0.717, 1.165) is 45.6 Å². The Hall–Kier alpha value is -2.12. The summed E-state index contributed by atoms with van der Waals surface area (Å²) in [6.45, 7) is 11.9. The monoisotopic (exact) mass is 516 g/mol. The number of nitrogens with one attached hydrogen (secondary N) is 1. The van der Waals surface area contributed by atoms with Crippen molar-refractivity contribution in [3.63, 3.8) is 0 Å². The molecule has 2 aromatic carbocycles. The van der Waals surface area contributed by atoms with E-state index in [2.05, 4.69) is 69.7 Å². The number of benzene rings is 2. The molecule has 4 rings (SSSR count). The van der Waals surface area contributed by atoms with E-state index in [1.807, 2.05) is 26.8 Å². The van der Waals surface area contributed by atoms with Crippen molar-refractivity contribution in [2.75, 3.05) is 26.2 Å².